The number of benzene rings is 2. The molecule has 0 radical (unpaired) electrons. The quantitative estimate of drug-likeness (QED) is 0.903. The van der Waals surface area contributed by atoms with Crippen LogP contribution in [-0.2, 0) is 11.3 Å². The van der Waals surface area contributed by atoms with Crippen LogP contribution in [0.3, 0.4) is 0 Å². The molecule has 2 aromatic carbocycles. The molecule has 1 N–H and O–H groups in total. The minimum absolute atomic E-state index is 0.634. The van der Waals surface area contributed by atoms with Crippen LogP contribution in [-0.4, -0.2) is 33.4 Å². The minimum atomic E-state index is 0.634. The van der Waals surface area contributed by atoms with Crippen molar-refractivity contribution in [1.82, 2.24) is 0 Å². The first-order chi connectivity index (χ1) is 11.3. The monoisotopic (exact) mass is 332 g/mol. The van der Waals surface area contributed by atoms with Gasteiger partial charge in [0.2, 0.25) is 0 Å². The van der Waals surface area contributed by atoms with E-state index in [4.69, 9.17) is 21.1 Å². The van der Waals surface area contributed by atoms with Crippen molar-refractivity contribution < 1.29 is 9.47 Å². The standard InChI is InChI=1S/C18H21ClN2O2/c1-22-18-7-2-14(12-17(18)19)13-20-15-3-5-16(6-4-15)21-8-10-23-11-9-21/h2-7,12,20H,8-11,13H2,1H3. The van der Waals surface area contributed by atoms with E-state index < -0.39 is 0 Å². The highest BCUT2D eigenvalue weighted by Crippen LogP contribution is 2.25. The number of methoxy groups -OCH3 is 1. The molecular formula is C18H21ClN2O2. The Labute approximate surface area is 142 Å². The first-order valence-corrected chi connectivity index (χ1v) is 8.13. The molecule has 0 aromatic heterocycles. The molecule has 2 aromatic rings. The lowest BCUT2D eigenvalue weighted by molar-refractivity contribution is 0.122. The number of ether oxygens (including phenoxy) is 2. The lowest BCUT2D eigenvalue weighted by Crippen LogP contribution is -2.36. The summed E-state index contributed by atoms with van der Waals surface area (Å²) in [5.41, 5.74) is 3.45. The van der Waals surface area contributed by atoms with Gasteiger partial charge in [-0.05, 0) is 42.0 Å². The molecule has 1 aliphatic rings. The number of rotatable bonds is 5. The van der Waals surface area contributed by atoms with E-state index in [1.165, 1.54) is 5.69 Å². The number of morpholine rings is 1. The van der Waals surface area contributed by atoms with Crippen molar-refractivity contribution in [3.63, 3.8) is 0 Å². The summed E-state index contributed by atoms with van der Waals surface area (Å²) < 4.78 is 10.6. The van der Waals surface area contributed by atoms with E-state index in [2.05, 4.69) is 34.5 Å². The second-order valence-corrected chi connectivity index (χ2v) is 5.88. The molecule has 1 heterocycles. The maximum absolute atomic E-state index is 6.15. The zero-order chi connectivity index (χ0) is 16.1. The van der Waals surface area contributed by atoms with Gasteiger partial charge in [0, 0.05) is 31.0 Å². The van der Waals surface area contributed by atoms with Crippen LogP contribution in [0.25, 0.3) is 0 Å². The Morgan fingerprint density at radius 1 is 1.13 bits per heavy atom. The number of anilines is 2. The van der Waals surface area contributed by atoms with Gasteiger partial charge >= 0.3 is 0 Å². The fraction of sp³-hybridized carbons (Fsp3) is 0.333. The number of nitrogens with zero attached hydrogens (tertiary/aromatic N) is 1. The third-order valence-corrected chi connectivity index (χ3v) is 4.25. The maximum atomic E-state index is 6.15. The molecule has 3 rings (SSSR count). The van der Waals surface area contributed by atoms with E-state index in [0.717, 1.165) is 44.1 Å². The summed E-state index contributed by atoms with van der Waals surface area (Å²) in [6.45, 7) is 4.24. The molecule has 0 unspecified atom stereocenters. The van der Waals surface area contributed by atoms with Gasteiger partial charge in [0.05, 0.1) is 25.3 Å². The molecule has 1 aliphatic heterocycles. The van der Waals surface area contributed by atoms with Gasteiger partial charge in [0.15, 0.2) is 0 Å². The Morgan fingerprint density at radius 3 is 2.52 bits per heavy atom. The minimum Gasteiger partial charge on any atom is -0.495 e. The van der Waals surface area contributed by atoms with Crippen LogP contribution in [0.5, 0.6) is 5.75 Å². The summed E-state index contributed by atoms with van der Waals surface area (Å²) in [6, 6.07) is 14.3. The Balaban J connectivity index is 1.59. The van der Waals surface area contributed by atoms with Crippen molar-refractivity contribution in [3.05, 3.63) is 53.1 Å². The van der Waals surface area contributed by atoms with Crippen molar-refractivity contribution in [2.45, 2.75) is 6.54 Å². The summed E-state index contributed by atoms with van der Waals surface area (Å²) >= 11 is 6.15. The normalized spacial score (nSPS) is 14.6. The van der Waals surface area contributed by atoms with Crippen LogP contribution in [0, 0.1) is 0 Å². The number of halogens is 1. The van der Waals surface area contributed by atoms with Crippen LogP contribution >= 0.6 is 11.6 Å². The Hall–Kier alpha value is -1.91. The Kier molecular flexibility index (Phi) is 5.26. The number of nitrogens with one attached hydrogen (secondary N) is 1. The summed E-state index contributed by atoms with van der Waals surface area (Å²) in [4.78, 5) is 2.34. The van der Waals surface area contributed by atoms with Gasteiger partial charge in [0.1, 0.15) is 5.75 Å². The fourth-order valence-electron chi connectivity index (χ4n) is 2.64. The molecule has 23 heavy (non-hydrogen) atoms. The van der Waals surface area contributed by atoms with Crippen molar-refractivity contribution in [1.29, 1.82) is 0 Å². The predicted molar refractivity (Wildman–Crippen MR) is 94.8 cm³/mol. The van der Waals surface area contributed by atoms with Crippen molar-refractivity contribution in [2.75, 3.05) is 43.6 Å². The Morgan fingerprint density at radius 2 is 1.87 bits per heavy atom. The molecule has 0 saturated carbocycles. The second-order valence-electron chi connectivity index (χ2n) is 5.47. The van der Waals surface area contributed by atoms with Gasteiger partial charge in [-0.15, -0.1) is 0 Å². The molecule has 1 fully saturated rings. The summed E-state index contributed by atoms with van der Waals surface area (Å²) in [5, 5.41) is 4.05. The lowest BCUT2D eigenvalue weighted by Gasteiger charge is -2.28. The summed E-state index contributed by atoms with van der Waals surface area (Å²) in [7, 11) is 1.62. The van der Waals surface area contributed by atoms with Crippen LogP contribution in [0.1, 0.15) is 5.56 Å². The van der Waals surface area contributed by atoms with Gasteiger partial charge in [-0.2, -0.15) is 0 Å². The van der Waals surface area contributed by atoms with E-state index in [1.54, 1.807) is 7.11 Å². The van der Waals surface area contributed by atoms with Crippen LogP contribution in [0.4, 0.5) is 11.4 Å². The predicted octanol–water partition coefficient (Wildman–Crippen LogP) is 3.80. The van der Waals surface area contributed by atoms with E-state index >= 15 is 0 Å². The summed E-state index contributed by atoms with van der Waals surface area (Å²) in [5.74, 6) is 0.699. The SMILES string of the molecule is COc1ccc(CNc2ccc(N3CCOCC3)cc2)cc1Cl. The smallest absolute Gasteiger partial charge is 0.137 e. The molecule has 0 bridgehead atoms. The van der Waals surface area contributed by atoms with Crippen molar-refractivity contribution in [2.24, 2.45) is 0 Å². The molecule has 0 atom stereocenters. The zero-order valence-electron chi connectivity index (χ0n) is 13.2. The fourth-order valence-corrected chi connectivity index (χ4v) is 2.92. The van der Waals surface area contributed by atoms with Crippen molar-refractivity contribution in [3.8, 4) is 5.75 Å². The summed E-state index contributed by atoms with van der Waals surface area (Å²) in [6.07, 6.45) is 0. The van der Waals surface area contributed by atoms with Crippen LogP contribution in [0.2, 0.25) is 5.02 Å². The third-order valence-electron chi connectivity index (χ3n) is 3.96. The van der Waals surface area contributed by atoms with E-state index in [0.29, 0.717) is 10.8 Å². The largest absolute Gasteiger partial charge is 0.495 e. The van der Waals surface area contributed by atoms with Gasteiger partial charge in [-0.25, -0.2) is 0 Å². The number of hydrogen-bond donors (Lipinski definition) is 1. The first-order valence-electron chi connectivity index (χ1n) is 7.75. The van der Waals surface area contributed by atoms with E-state index in [9.17, 15) is 0 Å². The molecular weight excluding hydrogens is 312 g/mol. The molecule has 4 nitrogen and oxygen atoms in total. The van der Waals surface area contributed by atoms with Crippen LogP contribution < -0.4 is 15.0 Å². The first kappa shape index (κ1) is 16.0. The average molecular weight is 333 g/mol. The molecule has 0 aliphatic carbocycles. The van der Waals surface area contributed by atoms with Gasteiger partial charge < -0.3 is 19.7 Å². The molecule has 122 valence electrons. The van der Waals surface area contributed by atoms with E-state index in [-0.39, 0.29) is 0 Å². The number of hydrogen-bond acceptors (Lipinski definition) is 4. The average Bonchev–Trinajstić information content (AvgIpc) is 2.61. The van der Waals surface area contributed by atoms with E-state index in [1.807, 2.05) is 18.2 Å². The molecule has 0 amide bonds. The third kappa shape index (κ3) is 4.09. The topological polar surface area (TPSA) is 33.7 Å². The Bertz CT molecular complexity index is 640. The molecule has 5 heteroatoms. The van der Waals surface area contributed by atoms with Crippen LogP contribution in [0.15, 0.2) is 42.5 Å². The maximum Gasteiger partial charge on any atom is 0.137 e. The van der Waals surface area contributed by atoms with Gasteiger partial charge in [0.25, 0.3) is 0 Å². The second kappa shape index (κ2) is 7.57. The molecule has 0 spiro atoms. The lowest BCUT2D eigenvalue weighted by atomic mass is 10.2. The van der Waals surface area contributed by atoms with Gasteiger partial charge in [-0.3, -0.25) is 0 Å². The highest BCUT2D eigenvalue weighted by Gasteiger charge is 2.10. The highest BCUT2D eigenvalue weighted by molar-refractivity contribution is 6.32. The van der Waals surface area contributed by atoms with Crippen molar-refractivity contribution >= 4 is 23.0 Å². The molecule has 1 saturated heterocycles. The van der Waals surface area contributed by atoms with Gasteiger partial charge in [-0.1, -0.05) is 17.7 Å². The zero-order valence-corrected chi connectivity index (χ0v) is 14.0. The highest BCUT2D eigenvalue weighted by atomic mass is 35.5.